The number of halogens is 1. The molecule has 0 bridgehead atoms. The third-order valence-electron chi connectivity index (χ3n) is 4.26. The third kappa shape index (κ3) is 2.67. The molecule has 17 heavy (non-hydrogen) atoms. The zero-order chi connectivity index (χ0) is 12.4. The molecule has 0 amide bonds. The fourth-order valence-corrected chi connectivity index (χ4v) is 3.13. The van der Waals surface area contributed by atoms with Crippen molar-refractivity contribution in [2.24, 2.45) is 11.8 Å². The molecule has 0 radical (unpaired) electrons. The van der Waals surface area contributed by atoms with Crippen LogP contribution in [0.25, 0.3) is 0 Å². The molecule has 0 aliphatic heterocycles. The Labute approximate surface area is 103 Å². The number of rotatable bonds is 2. The van der Waals surface area contributed by atoms with E-state index < -0.39 is 0 Å². The maximum atomic E-state index is 13.8. The van der Waals surface area contributed by atoms with Gasteiger partial charge in [0.05, 0.1) is 6.20 Å². The number of aryl methyl sites for hydroxylation is 1. The van der Waals surface area contributed by atoms with Gasteiger partial charge in [0.25, 0.3) is 0 Å². The van der Waals surface area contributed by atoms with Crippen LogP contribution in [0.2, 0.25) is 0 Å². The first-order valence-corrected chi connectivity index (χ1v) is 6.69. The lowest BCUT2D eigenvalue weighted by atomic mass is 9.74. The average Bonchev–Trinajstić information content (AvgIpc) is 2.29. The molecule has 0 aromatic carbocycles. The van der Waals surface area contributed by atoms with Gasteiger partial charge in [-0.1, -0.05) is 13.8 Å². The van der Waals surface area contributed by atoms with Gasteiger partial charge in [-0.2, -0.15) is 0 Å². The van der Waals surface area contributed by atoms with Crippen molar-refractivity contribution in [3.63, 3.8) is 0 Å². The summed E-state index contributed by atoms with van der Waals surface area (Å²) in [6, 6.07) is 0. The average molecular weight is 235 g/mol. The fraction of sp³-hybridized carbons (Fsp3) is 0.667. The standard InChI is InChI=1S/C15H22FN/c1-10(2)12-4-6-13(7-5-12)15-11(3)8-17-9-14(15)16/h8-10,12-13H,4-7H2,1-3H3. The first-order valence-electron chi connectivity index (χ1n) is 6.69. The molecule has 1 saturated carbocycles. The van der Waals surface area contributed by atoms with Gasteiger partial charge in [-0.3, -0.25) is 4.98 Å². The van der Waals surface area contributed by atoms with Crippen molar-refractivity contribution < 1.29 is 4.39 Å². The van der Waals surface area contributed by atoms with E-state index in [4.69, 9.17) is 0 Å². The first kappa shape index (κ1) is 12.5. The molecule has 0 spiro atoms. The van der Waals surface area contributed by atoms with E-state index in [1.165, 1.54) is 19.0 Å². The Bertz CT molecular complexity index is 358. The predicted octanol–water partition coefficient (Wildman–Crippen LogP) is 4.46. The quantitative estimate of drug-likeness (QED) is 0.737. The molecular formula is C15H22FN. The lowest BCUT2D eigenvalue weighted by molar-refractivity contribution is 0.256. The second kappa shape index (κ2) is 5.16. The second-order valence-corrected chi connectivity index (χ2v) is 5.71. The van der Waals surface area contributed by atoms with Crippen LogP contribution >= 0.6 is 0 Å². The Morgan fingerprint density at radius 2 is 1.82 bits per heavy atom. The monoisotopic (exact) mass is 235 g/mol. The summed E-state index contributed by atoms with van der Waals surface area (Å²) < 4.78 is 13.8. The molecular weight excluding hydrogens is 213 g/mol. The molecule has 1 aromatic heterocycles. The summed E-state index contributed by atoms with van der Waals surface area (Å²) in [4.78, 5) is 3.91. The molecule has 1 aromatic rings. The summed E-state index contributed by atoms with van der Waals surface area (Å²) in [6.45, 7) is 6.56. The van der Waals surface area contributed by atoms with Crippen LogP contribution in [0.3, 0.4) is 0 Å². The minimum Gasteiger partial charge on any atom is -0.261 e. The van der Waals surface area contributed by atoms with E-state index in [1.807, 2.05) is 6.92 Å². The number of hydrogen-bond acceptors (Lipinski definition) is 1. The summed E-state index contributed by atoms with van der Waals surface area (Å²) in [6.07, 6.45) is 7.88. The van der Waals surface area contributed by atoms with Gasteiger partial charge in [-0.05, 0) is 61.5 Å². The SMILES string of the molecule is Cc1cncc(F)c1C1CCC(C(C)C)CC1. The molecule has 1 aliphatic rings. The molecule has 94 valence electrons. The van der Waals surface area contributed by atoms with Crippen molar-refractivity contribution in [1.29, 1.82) is 0 Å². The topological polar surface area (TPSA) is 12.9 Å². The molecule has 0 unspecified atom stereocenters. The fourth-order valence-electron chi connectivity index (χ4n) is 3.13. The van der Waals surface area contributed by atoms with Crippen molar-refractivity contribution in [1.82, 2.24) is 4.98 Å². The van der Waals surface area contributed by atoms with Crippen LogP contribution in [-0.4, -0.2) is 4.98 Å². The minimum absolute atomic E-state index is 0.113. The van der Waals surface area contributed by atoms with E-state index >= 15 is 0 Å². The highest BCUT2D eigenvalue weighted by atomic mass is 19.1. The Hall–Kier alpha value is -0.920. The molecule has 2 heteroatoms. The first-order chi connectivity index (χ1) is 8.09. The van der Waals surface area contributed by atoms with Gasteiger partial charge in [0, 0.05) is 6.20 Å². The highest BCUT2D eigenvalue weighted by molar-refractivity contribution is 5.27. The molecule has 1 nitrogen and oxygen atoms in total. The number of aromatic nitrogens is 1. The molecule has 0 N–H and O–H groups in total. The molecule has 0 saturated heterocycles. The van der Waals surface area contributed by atoms with Crippen molar-refractivity contribution >= 4 is 0 Å². The third-order valence-corrected chi connectivity index (χ3v) is 4.26. The van der Waals surface area contributed by atoms with E-state index in [0.29, 0.717) is 5.92 Å². The zero-order valence-electron chi connectivity index (χ0n) is 11.0. The van der Waals surface area contributed by atoms with Gasteiger partial charge in [0.15, 0.2) is 0 Å². The summed E-state index contributed by atoms with van der Waals surface area (Å²) >= 11 is 0. The Kier molecular flexibility index (Phi) is 3.80. The molecule has 2 rings (SSSR count). The second-order valence-electron chi connectivity index (χ2n) is 5.71. The van der Waals surface area contributed by atoms with Crippen molar-refractivity contribution in [2.45, 2.75) is 52.4 Å². The summed E-state index contributed by atoms with van der Waals surface area (Å²) in [5.74, 6) is 1.89. The van der Waals surface area contributed by atoms with Crippen LogP contribution in [0, 0.1) is 24.6 Å². The van der Waals surface area contributed by atoms with Crippen molar-refractivity contribution in [3.8, 4) is 0 Å². The summed E-state index contributed by atoms with van der Waals surface area (Å²) in [5, 5.41) is 0. The Morgan fingerprint density at radius 3 is 2.35 bits per heavy atom. The molecule has 1 fully saturated rings. The van der Waals surface area contributed by atoms with Gasteiger partial charge in [0.2, 0.25) is 0 Å². The van der Waals surface area contributed by atoms with Crippen LogP contribution in [0.15, 0.2) is 12.4 Å². The van der Waals surface area contributed by atoms with Crippen LogP contribution in [0.1, 0.15) is 56.6 Å². The van der Waals surface area contributed by atoms with Crippen LogP contribution in [0.5, 0.6) is 0 Å². The lowest BCUT2D eigenvalue weighted by Gasteiger charge is -2.31. The highest BCUT2D eigenvalue weighted by Gasteiger charge is 2.26. The van der Waals surface area contributed by atoms with Gasteiger partial charge < -0.3 is 0 Å². The van der Waals surface area contributed by atoms with Crippen LogP contribution in [0.4, 0.5) is 4.39 Å². The Morgan fingerprint density at radius 1 is 1.18 bits per heavy atom. The molecule has 0 atom stereocenters. The summed E-state index contributed by atoms with van der Waals surface area (Å²) in [7, 11) is 0. The predicted molar refractivity (Wildman–Crippen MR) is 68.5 cm³/mol. The van der Waals surface area contributed by atoms with E-state index in [-0.39, 0.29) is 5.82 Å². The Balaban J connectivity index is 2.11. The highest BCUT2D eigenvalue weighted by Crippen LogP contribution is 2.40. The van der Waals surface area contributed by atoms with Crippen molar-refractivity contribution in [3.05, 3.63) is 29.3 Å². The maximum Gasteiger partial charge on any atom is 0.145 e. The van der Waals surface area contributed by atoms with E-state index in [0.717, 1.165) is 35.8 Å². The van der Waals surface area contributed by atoms with E-state index in [9.17, 15) is 4.39 Å². The normalized spacial score (nSPS) is 25.2. The van der Waals surface area contributed by atoms with Gasteiger partial charge >= 0.3 is 0 Å². The van der Waals surface area contributed by atoms with Gasteiger partial charge in [0.1, 0.15) is 5.82 Å². The van der Waals surface area contributed by atoms with Crippen LogP contribution < -0.4 is 0 Å². The van der Waals surface area contributed by atoms with E-state index in [1.54, 1.807) is 6.20 Å². The van der Waals surface area contributed by atoms with Crippen molar-refractivity contribution in [2.75, 3.05) is 0 Å². The number of pyridine rings is 1. The number of nitrogens with zero attached hydrogens (tertiary/aromatic N) is 1. The van der Waals surface area contributed by atoms with Gasteiger partial charge in [-0.25, -0.2) is 4.39 Å². The summed E-state index contributed by atoms with van der Waals surface area (Å²) in [5.41, 5.74) is 1.93. The number of hydrogen-bond donors (Lipinski definition) is 0. The van der Waals surface area contributed by atoms with Crippen LogP contribution in [-0.2, 0) is 0 Å². The minimum atomic E-state index is -0.113. The molecule has 1 heterocycles. The largest absolute Gasteiger partial charge is 0.261 e. The van der Waals surface area contributed by atoms with Gasteiger partial charge in [-0.15, -0.1) is 0 Å². The lowest BCUT2D eigenvalue weighted by Crippen LogP contribution is -2.18. The van der Waals surface area contributed by atoms with E-state index in [2.05, 4.69) is 18.8 Å². The molecule has 1 aliphatic carbocycles. The maximum absolute atomic E-state index is 13.8. The zero-order valence-corrected chi connectivity index (χ0v) is 11.0. The smallest absolute Gasteiger partial charge is 0.145 e.